The second-order valence-electron chi connectivity index (χ2n) is 5.25. The number of nitrogens with zero attached hydrogens (tertiary/aromatic N) is 1. The van der Waals surface area contributed by atoms with Gasteiger partial charge in [-0.2, -0.15) is 5.10 Å². The topological polar surface area (TPSA) is 91.8 Å². The van der Waals surface area contributed by atoms with Gasteiger partial charge in [0, 0.05) is 12.1 Å². The Morgan fingerprint density at radius 3 is 2.71 bits per heavy atom. The van der Waals surface area contributed by atoms with E-state index in [-0.39, 0.29) is 17.5 Å². The number of rotatable bonds is 6. The molecule has 1 aliphatic heterocycles. The first kappa shape index (κ1) is 17.5. The van der Waals surface area contributed by atoms with E-state index in [0.29, 0.717) is 35.9 Å². The lowest BCUT2D eigenvalue weighted by atomic mass is 10.1. The number of allylic oxidation sites excluding steroid dienone is 1. The van der Waals surface area contributed by atoms with Crippen molar-refractivity contribution in [1.82, 2.24) is 16.1 Å². The minimum Gasteiger partial charge on any atom is -0.493 e. The molecule has 1 aromatic carbocycles. The van der Waals surface area contributed by atoms with Crippen LogP contribution >= 0.6 is 0 Å². The van der Waals surface area contributed by atoms with E-state index in [2.05, 4.69) is 21.2 Å². The van der Waals surface area contributed by atoms with Gasteiger partial charge in [-0.05, 0) is 32.4 Å². The lowest BCUT2D eigenvalue weighted by Gasteiger charge is -2.20. The highest BCUT2D eigenvalue weighted by molar-refractivity contribution is 6.15. The number of hydrogen-bond acceptors (Lipinski definition) is 5. The van der Waals surface area contributed by atoms with Gasteiger partial charge in [0.2, 0.25) is 5.91 Å². The zero-order chi connectivity index (χ0) is 17.5. The fourth-order valence-electron chi connectivity index (χ4n) is 2.25. The predicted octanol–water partition coefficient (Wildman–Crippen LogP) is 1.61. The Labute approximate surface area is 141 Å². The molecule has 1 aliphatic rings. The molecule has 0 bridgehead atoms. The first-order valence-corrected chi connectivity index (χ1v) is 7.94. The lowest BCUT2D eigenvalue weighted by Crippen LogP contribution is -2.43. The van der Waals surface area contributed by atoms with Crippen LogP contribution in [-0.2, 0) is 9.59 Å². The average Bonchev–Trinajstić information content (AvgIpc) is 2.55. The Morgan fingerprint density at radius 1 is 1.29 bits per heavy atom. The number of carbonyl (C=O) groups is 2. The van der Waals surface area contributed by atoms with E-state index in [1.165, 1.54) is 0 Å². The zero-order valence-electron chi connectivity index (χ0n) is 14.1. The van der Waals surface area contributed by atoms with Crippen molar-refractivity contribution in [3.05, 3.63) is 41.2 Å². The Hall–Kier alpha value is -2.83. The number of carbonyl (C=O) groups excluding carboxylic acids is 2. The molecule has 0 atom stereocenters. The third-order valence-corrected chi connectivity index (χ3v) is 3.36. The fraction of sp³-hybridized carbons (Fsp3) is 0.353. The summed E-state index contributed by atoms with van der Waals surface area (Å²) in [7, 11) is 0. The van der Waals surface area contributed by atoms with Crippen molar-refractivity contribution in [3.8, 4) is 5.75 Å². The molecule has 0 fully saturated rings. The number of nitrogens with one attached hydrogen (secondary N) is 3. The van der Waals surface area contributed by atoms with Gasteiger partial charge in [0.05, 0.1) is 12.2 Å². The van der Waals surface area contributed by atoms with E-state index < -0.39 is 0 Å². The quantitative estimate of drug-likeness (QED) is 0.691. The van der Waals surface area contributed by atoms with Gasteiger partial charge < -0.3 is 15.4 Å². The molecule has 1 aromatic rings. The maximum absolute atomic E-state index is 12.3. The largest absolute Gasteiger partial charge is 0.493 e. The lowest BCUT2D eigenvalue weighted by molar-refractivity contribution is -0.120. The molecule has 0 spiro atoms. The fourth-order valence-corrected chi connectivity index (χ4v) is 2.25. The molecule has 24 heavy (non-hydrogen) atoms. The molecule has 7 heteroatoms. The Kier molecular flexibility index (Phi) is 5.95. The van der Waals surface area contributed by atoms with Gasteiger partial charge in [-0.3, -0.25) is 15.0 Å². The van der Waals surface area contributed by atoms with Crippen molar-refractivity contribution in [2.45, 2.75) is 33.6 Å². The predicted molar refractivity (Wildman–Crippen MR) is 91.2 cm³/mol. The molecule has 0 saturated carbocycles. The van der Waals surface area contributed by atoms with Crippen LogP contribution < -0.4 is 20.8 Å². The molecule has 0 aromatic heterocycles. The van der Waals surface area contributed by atoms with Crippen LogP contribution in [0.1, 0.15) is 39.2 Å². The number of para-hydroxylation sites is 1. The van der Waals surface area contributed by atoms with Crippen LogP contribution in [-0.4, -0.2) is 24.3 Å². The maximum atomic E-state index is 12.3. The smallest absolute Gasteiger partial charge is 0.276 e. The molecule has 2 rings (SSSR count). The van der Waals surface area contributed by atoms with E-state index in [4.69, 9.17) is 4.74 Å². The second kappa shape index (κ2) is 8.14. The standard InChI is InChI=1S/C17H22N4O3/c1-4-8-14(22)18-11(3)15-17(23)19-16(21-20-15)12-9-6-7-10-13(12)24-5-2/h6-7,9-10,20H,4-5,8H2,1-3H3,(H,18,22)(H,19,21,23)/b15-11-. The van der Waals surface area contributed by atoms with Crippen LogP contribution in [0.4, 0.5) is 0 Å². The van der Waals surface area contributed by atoms with E-state index in [1.807, 2.05) is 38.1 Å². The SMILES string of the molecule is CCCC(=O)N/C(C)=C1\NN=C(c2ccccc2OCC)NC1=O. The van der Waals surface area contributed by atoms with Crippen molar-refractivity contribution in [2.24, 2.45) is 5.10 Å². The zero-order valence-corrected chi connectivity index (χ0v) is 14.1. The third kappa shape index (κ3) is 4.13. The number of amides is 2. The maximum Gasteiger partial charge on any atom is 0.276 e. The van der Waals surface area contributed by atoms with Crippen molar-refractivity contribution in [3.63, 3.8) is 0 Å². The van der Waals surface area contributed by atoms with Crippen LogP contribution in [0.5, 0.6) is 5.75 Å². The molecule has 128 valence electrons. The Bertz CT molecular complexity index is 695. The van der Waals surface area contributed by atoms with Crippen molar-refractivity contribution < 1.29 is 14.3 Å². The summed E-state index contributed by atoms with van der Waals surface area (Å²) in [6, 6.07) is 7.32. The number of benzene rings is 1. The Morgan fingerprint density at radius 2 is 2.04 bits per heavy atom. The van der Waals surface area contributed by atoms with Gasteiger partial charge >= 0.3 is 0 Å². The van der Waals surface area contributed by atoms with Crippen LogP contribution in [0.2, 0.25) is 0 Å². The highest BCUT2D eigenvalue weighted by Gasteiger charge is 2.23. The van der Waals surface area contributed by atoms with Crippen LogP contribution in [0.15, 0.2) is 40.8 Å². The minimum absolute atomic E-state index is 0.131. The molecule has 0 radical (unpaired) electrons. The van der Waals surface area contributed by atoms with Crippen molar-refractivity contribution in [1.29, 1.82) is 0 Å². The third-order valence-electron chi connectivity index (χ3n) is 3.36. The van der Waals surface area contributed by atoms with Gasteiger partial charge in [0.25, 0.3) is 5.91 Å². The number of ether oxygens (including phenoxy) is 1. The molecular weight excluding hydrogens is 308 g/mol. The van der Waals surface area contributed by atoms with Crippen LogP contribution in [0.3, 0.4) is 0 Å². The first-order chi connectivity index (χ1) is 11.6. The van der Waals surface area contributed by atoms with Gasteiger partial charge in [-0.25, -0.2) is 0 Å². The summed E-state index contributed by atoms with van der Waals surface area (Å²) in [6.07, 6.45) is 1.15. The van der Waals surface area contributed by atoms with Crippen LogP contribution in [0, 0.1) is 0 Å². The first-order valence-electron chi connectivity index (χ1n) is 7.94. The van der Waals surface area contributed by atoms with E-state index in [9.17, 15) is 9.59 Å². The summed E-state index contributed by atoms with van der Waals surface area (Å²) in [6.45, 7) is 5.98. The second-order valence-corrected chi connectivity index (χ2v) is 5.25. The molecule has 2 amide bonds. The monoisotopic (exact) mass is 330 g/mol. The minimum atomic E-state index is -0.361. The number of hydrazone groups is 1. The van der Waals surface area contributed by atoms with Crippen molar-refractivity contribution in [2.75, 3.05) is 6.61 Å². The summed E-state index contributed by atoms with van der Waals surface area (Å²) < 4.78 is 5.55. The molecule has 3 N–H and O–H groups in total. The van der Waals surface area contributed by atoms with Gasteiger partial charge in [-0.15, -0.1) is 0 Å². The molecular formula is C17H22N4O3. The number of amidine groups is 1. The molecule has 7 nitrogen and oxygen atoms in total. The molecule has 0 aliphatic carbocycles. The van der Waals surface area contributed by atoms with Crippen LogP contribution in [0.25, 0.3) is 0 Å². The van der Waals surface area contributed by atoms with Gasteiger partial charge in [-0.1, -0.05) is 19.1 Å². The Balaban J connectivity index is 2.21. The summed E-state index contributed by atoms with van der Waals surface area (Å²) in [5.41, 5.74) is 4.06. The highest BCUT2D eigenvalue weighted by atomic mass is 16.5. The molecule has 1 heterocycles. The highest BCUT2D eigenvalue weighted by Crippen LogP contribution is 2.19. The van der Waals surface area contributed by atoms with Gasteiger partial charge in [0.1, 0.15) is 11.4 Å². The normalized spacial score (nSPS) is 15.8. The molecule has 0 unspecified atom stereocenters. The number of hydrogen-bond donors (Lipinski definition) is 3. The van der Waals surface area contributed by atoms with Gasteiger partial charge in [0.15, 0.2) is 5.84 Å². The summed E-state index contributed by atoms with van der Waals surface area (Å²) in [4.78, 5) is 24.0. The molecule has 0 saturated heterocycles. The van der Waals surface area contributed by atoms with Crippen molar-refractivity contribution >= 4 is 17.6 Å². The summed E-state index contributed by atoms with van der Waals surface area (Å²) in [5.74, 6) is 0.524. The van der Waals surface area contributed by atoms with E-state index >= 15 is 0 Å². The summed E-state index contributed by atoms with van der Waals surface area (Å²) >= 11 is 0. The van der Waals surface area contributed by atoms with E-state index in [1.54, 1.807) is 6.92 Å². The van der Waals surface area contributed by atoms with E-state index in [0.717, 1.165) is 6.42 Å². The average molecular weight is 330 g/mol. The summed E-state index contributed by atoms with van der Waals surface area (Å²) in [5, 5.41) is 9.61.